The topological polar surface area (TPSA) is 58.6 Å². The van der Waals surface area contributed by atoms with Gasteiger partial charge in [-0.05, 0) is 49.0 Å². The summed E-state index contributed by atoms with van der Waals surface area (Å²) >= 11 is 0. The molecule has 2 aromatic rings. The van der Waals surface area contributed by atoms with Crippen LogP contribution in [0.2, 0.25) is 0 Å². The number of benzene rings is 2. The molecule has 6 heteroatoms. The fraction of sp³-hybridized carbons (Fsp3) is 0.417. The Labute approximate surface area is 186 Å². The summed E-state index contributed by atoms with van der Waals surface area (Å²) in [7, 11) is 0. The molecule has 164 valence electrons. The van der Waals surface area contributed by atoms with Crippen molar-refractivity contribution in [1.82, 2.24) is 10.4 Å². The highest BCUT2D eigenvalue weighted by atomic mass is 35.5. The van der Waals surface area contributed by atoms with Gasteiger partial charge in [0.2, 0.25) is 0 Å². The van der Waals surface area contributed by atoms with Crippen LogP contribution in [0.4, 0.5) is 0 Å². The van der Waals surface area contributed by atoms with E-state index in [4.69, 9.17) is 4.84 Å². The van der Waals surface area contributed by atoms with Gasteiger partial charge >= 0.3 is 5.97 Å². The Balaban J connectivity index is 0.00000450. The largest absolute Gasteiger partial charge is 0.340 e. The monoisotopic (exact) mass is 432 g/mol. The van der Waals surface area contributed by atoms with Crippen molar-refractivity contribution < 1.29 is 14.4 Å². The van der Waals surface area contributed by atoms with E-state index in [1.807, 2.05) is 48.5 Å². The van der Waals surface area contributed by atoms with Crippen molar-refractivity contribution >= 4 is 24.3 Å². The summed E-state index contributed by atoms with van der Waals surface area (Å²) in [6.07, 6.45) is 3.49. The molecule has 0 fully saturated rings. The van der Waals surface area contributed by atoms with Crippen LogP contribution in [0.3, 0.4) is 0 Å². The van der Waals surface area contributed by atoms with Crippen molar-refractivity contribution in [3.8, 4) is 0 Å². The molecule has 30 heavy (non-hydrogen) atoms. The summed E-state index contributed by atoms with van der Waals surface area (Å²) in [6.45, 7) is 7.55. The number of amides is 1. The zero-order chi connectivity index (χ0) is 20.9. The number of hydrogen-bond donors (Lipinski definition) is 1. The fourth-order valence-electron chi connectivity index (χ4n) is 3.34. The molecule has 0 unspecified atom stereocenters. The molecule has 0 aliphatic heterocycles. The number of carbonyl (C=O) groups excluding carboxylic acids is 2. The number of carbonyl (C=O) groups is 2. The maximum Gasteiger partial charge on any atom is 0.336 e. The van der Waals surface area contributed by atoms with Gasteiger partial charge in [0.05, 0.1) is 12.8 Å². The first-order valence-corrected chi connectivity index (χ1v) is 10.4. The molecule has 0 aliphatic carbocycles. The van der Waals surface area contributed by atoms with E-state index < -0.39 is 5.97 Å². The van der Waals surface area contributed by atoms with Gasteiger partial charge in [0, 0.05) is 6.54 Å². The zero-order valence-electron chi connectivity index (χ0n) is 17.9. The van der Waals surface area contributed by atoms with Gasteiger partial charge in [-0.2, -0.15) is 5.48 Å². The van der Waals surface area contributed by atoms with Crippen LogP contribution in [0.25, 0.3) is 0 Å². The first-order valence-electron chi connectivity index (χ1n) is 10.4. The molecular formula is C24H33ClN2O3. The average Bonchev–Trinajstić information content (AvgIpc) is 2.72. The smallest absolute Gasteiger partial charge is 0.336 e. The lowest BCUT2D eigenvalue weighted by atomic mass is 10.0. The lowest BCUT2D eigenvalue weighted by Gasteiger charge is -2.21. The van der Waals surface area contributed by atoms with Crippen molar-refractivity contribution in [2.75, 3.05) is 19.6 Å². The Morgan fingerprint density at radius 1 is 0.833 bits per heavy atom. The summed E-state index contributed by atoms with van der Waals surface area (Å²) in [5.74, 6) is -0.801. The second-order valence-corrected chi connectivity index (χ2v) is 7.20. The maximum absolute atomic E-state index is 12.3. The molecule has 1 N–H and O–H groups in total. The molecule has 0 saturated carbocycles. The molecule has 1 amide bonds. The lowest BCUT2D eigenvalue weighted by Crippen LogP contribution is -2.30. The fourth-order valence-corrected chi connectivity index (χ4v) is 3.34. The minimum atomic E-state index is -0.479. The molecule has 0 aliphatic rings. The SMILES string of the molecule is CCCN(CCC)CCc1ccccc1CC(=O)NOC(=O)Cc1ccccc1.Cl. The Morgan fingerprint density at radius 2 is 1.43 bits per heavy atom. The molecule has 5 nitrogen and oxygen atoms in total. The molecule has 2 aromatic carbocycles. The maximum atomic E-state index is 12.3. The molecule has 0 heterocycles. The van der Waals surface area contributed by atoms with Crippen molar-refractivity contribution in [2.24, 2.45) is 0 Å². The van der Waals surface area contributed by atoms with Gasteiger partial charge in [0.15, 0.2) is 0 Å². The van der Waals surface area contributed by atoms with E-state index in [1.165, 1.54) is 0 Å². The van der Waals surface area contributed by atoms with Crippen LogP contribution in [-0.4, -0.2) is 36.4 Å². The third kappa shape index (κ3) is 9.42. The number of rotatable bonds is 11. The van der Waals surface area contributed by atoms with Gasteiger partial charge in [-0.3, -0.25) is 4.79 Å². The van der Waals surface area contributed by atoms with E-state index in [9.17, 15) is 9.59 Å². The lowest BCUT2D eigenvalue weighted by molar-refractivity contribution is -0.157. The highest BCUT2D eigenvalue weighted by Gasteiger charge is 2.12. The number of hydrogen-bond acceptors (Lipinski definition) is 4. The molecular weight excluding hydrogens is 400 g/mol. The Bertz CT molecular complexity index is 762. The van der Waals surface area contributed by atoms with Crippen LogP contribution >= 0.6 is 12.4 Å². The van der Waals surface area contributed by atoms with E-state index in [-0.39, 0.29) is 31.2 Å². The van der Waals surface area contributed by atoms with Gasteiger partial charge in [0.25, 0.3) is 5.91 Å². The van der Waals surface area contributed by atoms with Gasteiger partial charge in [-0.1, -0.05) is 68.4 Å². The second kappa shape index (κ2) is 14.6. The predicted octanol–water partition coefficient (Wildman–Crippen LogP) is 4.13. The Hall–Kier alpha value is -2.37. The van der Waals surface area contributed by atoms with E-state index in [0.717, 1.165) is 55.6 Å². The summed E-state index contributed by atoms with van der Waals surface area (Å²) in [5.41, 5.74) is 5.26. The number of hydroxylamine groups is 1. The molecule has 0 saturated heterocycles. The van der Waals surface area contributed by atoms with Crippen LogP contribution in [0.15, 0.2) is 54.6 Å². The zero-order valence-corrected chi connectivity index (χ0v) is 18.7. The second-order valence-electron chi connectivity index (χ2n) is 7.20. The van der Waals surface area contributed by atoms with Gasteiger partial charge in [-0.25, -0.2) is 4.79 Å². The van der Waals surface area contributed by atoms with Crippen LogP contribution < -0.4 is 5.48 Å². The Kier molecular flexibility index (Phi) is 12.5. The molecule has 2 rings (SSSR count). The van der Waals surface area contributed by atoms with Crippen molar-refractivity contribution in [3.05, 3.63) is 71.3 Å². The van der Waals surface area contributed by atoms with Gasteiger partial charge < -0.3 is 9.74 Å². The van der Waals surface area contributed by atoms with Gasteiger partial charge in [-0.15, -0.1) is 12.4 Å². The number of nitrogens with zero attached hydrogens (tertiary/aromatic N) is 1. The van der Waals surface area contributed by atoms with Crippen LogP contribution in [0.1, 0.15) is 43.4 Å². The molecule has 0 atom stereocenters. The predicted molar refractivity (Wildman–Crippen MR) is 123 cm³/mol. The standard InChI is InChI=1S/C24H32N2O3.ClH/c1-3-15-26(16-4-2)17-14-21-12-8-9-13-22(21)19-23(27)25-29-24(28)18-20-10-6-5-7-11-20;/h5-13H,3-4,14-19H2,1-2H3,(H,25,27);1H. The van der Waals surface area contributed by atoms with E-state index in [2.05, 4.69) is 30.3 Å². The van der Waals surface area contributed by atoms with Crippen LogP contribution in [0, 0.1) is 0 Å². The van der Waals surface area contributed by atoms with Crippen molar-refractivity contribution in [1.29, 1.82) is 0 Å². The summed E-state index contributed by atoms with van der Waals surface area (Å²) in [5, 5.41) is 0. The molecule has 0 bridgehead atoms. The number of nitrogens with one attached hydrogen (secondary N) is 1. The Morgan fingerprint density at radius 3 is 2.07 bits per heavy atom. The highest BCUT2D eigenvalue weighted by Crippen LogP contribution is 2.12. The minimum Gasteiger partial charge on any atom is -0.340 e. The summed E-state index contributed by atoms with van der Waals surface area (Å²) in [6, 6.07) is 17.3. The number of halogens is 1. The third-order valence-electron chi connectivity index (χ3n) is 4.72. The summed E-state index contributed by atoms with van der Waals surface area (Å²) in [4.78, 5) is 31.6. The molecule has 0 aromatic heterocycles. The van der Waals surface area contributed by atoms with Crippen LogP contribution in [-0.2, 0) is 33.7 Å². The van der Waals surface area contributed by atoms with E-state index >= 15 is 0 Å². The normalized spacial score (nSPS) is 10.4. The highest BCUT2D eigenvalue weighted by molar-refractivity contribution is 5.85. The van der Waals surface area contributed by atoms with E-state index in [0.29, 0.717) is 0 Å². The van der Waals surface area contributed by atoms with Gasteiger partial charge in [0.1, 0.15) is 0 Å². The van der Waals surface area contributed by atoms with E-state index in [1.54, 1.807) is 0 Å². The average molecular weight is 433 g/mol. The van der Waals surface area contributed by atoms with Crippen molar-refractivity contribution in [2.45, 2.75) is 46.0 Å². The summed E-state index contributed by atoms with van der Waals surface area (Å²) < 4.78 is 0. The molecule has 0 radical (unpaired) electrons. The quantitative estimate of drug-likeness (QED) is 0.542. The molecule has 0 spiro atoms. The first kappa shape index (κ1) is 25.7. The third-order valence-corrected chi connectivity index (χ3v) is 4.72. The first-order chi connectivity index (χ1) is 14.1. The minimum absolute atomic E-state index is 0. The van der Waals surface area contributed by atoms with Crippen molar-refractivity contribution in [3.63, 3.8) is 0 Å². The van der Waals surface area contributed by atoms with Crippen LogP contribution in [0.5, 0.6) is 0 Å².